The van der Waals surface area contributed by atoms with Crippen LogP contribution in [0, 0.1) is 5.82 Å². The van der Waals surface area contributed by atoms with E-state index in [-0.39, 0.29) is 11.9 Å². The predicted octanol–water partition coefficient (Wildman–Crippen LogP) is 4.64. The normalized spacial score (nSPS) is 12.4. The molecule has 20 heavy (non-hydrogen) atoms. The van der Waals surface area contributed by atoms with Gasteiger partial charge in [0.25, 0.3) is 0 Å². The summed E-state index contributed by atoms with van der Waals surface area (Å²) < 4.78 is 20.0. The van der Waals surface area contributed by atoms with Gasteiger partial charge in [0.2, 0.25) is 0 Å². The molecule has 1 aromatic carbocycles. The summed E-state index contributed by atoms with van der Waals surface area (Å²) in [5.74, 6) is 0.243. The van der Waals surface area contributed by atoms with E-state index in [0.717, 1.165) is 17.8 Å². The molecular weight excluding hydrogens is 297 g/mol. The van der Waals surface area contributed by atoms with E-state index in [1.807, 2.05) is 12.1 Å². The Morgan fingerprint density at radius 2 is 2.15 bits per heavy atom. The lowest BCUT2D eigenvalue weighted by Crippen LogP contribution is -2.23. The maximum absolute atomic E-state index is 14.3. The molecule has 0 saturated carbocycles. The maximum Gasteiger partial charge on any atom is 0.132 e. The molecule has 0 saturated heterocycles. The zero-order valence-electron chi connectivity index (χ0n) is 11.5. The third-order valence-corrected chi connectivity index (χ3v) is 4.29. The summed E-state index contributed by atoms with van der Waals surface area (Å²) in [6.07, 6.45) is 0.980. The number of thiophene rings is 1. The average molecular weight is 314 g/mol. The molecule has 2 nitrogen and oxygen atoms in total. The molecule has 1 atom stereocenters. The third kappa shape index (κ3) is 3.51. The van der Waals surface area contributed by atoms with Crippen molar-refractivity contribution in [2.24, 2.45) is 0 Å². The Hall–Kier alpha value is -1.10. The Bertz CT molecular complexity index is 573. The van der Waals surface area contributed by atoms with Crippen LogP contribution in [0.5, 0.6) is 5.75 Å². The minimum Gasteiger partial charge on any atom is -0.497 e. The van der Waals surface area contributed by atoms with Gasteiger partial charge in [0.1, 0.15) is 11.6 Å². The lowest BCUT2D eigenvalue weighted by Gasteiger charge is -2.18. The summed E-state index contributed by atoms with van der Waals surface area (Å²) in [5.41, 5.74) is 0.609. The second-order valence-electron chi connectivity index (χ2n) is 4.42. The first-order valence-electron chi connectivity index (χ1n) is 6.47. The highest BCUT2D eigenvalue weighted by Crippen LogP contribution is 2.33. The fourth-order valence-corrected chi connectivity index (χ4v) is 3.16. The molecular formula is C15H17ClFNOS. The van der Waals surface area contributed by atoms with Gasteiger partial charge in [0, 0.05) is 16.5 Å². The molecule has 108 valence electrons. The first kappa shape index (κ1) is 15.3. The lowest BCUT2D eigenvalue weighted by atomic mass is 10.0. The van der Waals surface area contributed by atoms with E-state index < -0.39 is 0 Å². The molecule has 0 bridgehead atoms. The molecule has 1 N–H and O–H groups in total. The summed E-state index contributed by atoms with van der Waals surface area (Å²) in [6.45, 7) is 2.89. The van der Waals surface area contributed by atoms with Crippen molar-refractivity contribution < 1.29 is 9.13 Å². The zero-order valence-corrected chi connectivity index (χ0v) is 13.0. The van der Waals surface area contributed by atoms with Crippen LogP contribution in [0.4, 0.5) is 4.39 Å². The van der Waals surface area contributed by atoms with E-state index in [9.17, 15) is 4.39 Å². The number of rotatable bonds is 6. The van der Waals surface area contributed by atoms with Gasteiger partial charge in [0.05, 0.1) is 17.5 Å². The molecule has 0 aliphatic carbocycles. The van der Waals surface area contributed by atoms with E-state index in [4.69, 9.17) is 16.3 Å². The lowest BCUT2D eigenvalue weighted by molar-refractivity contribution is 0.410. The van der Waals surface area contributed by atoms with Crippen molar-refractivity contribution >= 4 is 22.9 Å². The van der Waals surface area contributed by atoms with Crippen molar-refractivity contribution in [2.45, 2.75) is 19.4 Å². The molecule has 0 aliphatic heterocycles. The highest BCUT2D eigenvalue weighted by molar-refractivity contribution is 7.16. The van der Waals surface area contributed by atoms with Crippen molar-refractivity contribution in [3.63, 3.8) is 0 Å². The molecule has 5 heteroatoms. The van der Waals surface area contributed by atoms with Gasteiger partial charge in [-0.1, -0.05) is 24.6 Å². The Labute approximate surface area is 127 Å². The van der Waals surface area contributed by atoms with Crippen molar-refractivity contribution in [1.29, 1.82) is 0 Å². The summed E-state index contributed by atoms with van der Waals surface area (Å²) in [6, 6.07) is 8.53. The van der Waals surface area contributed by atoms with Gasteiger partial charge in [-0.15, -0.1) is 11.3 Å². The van der Waals surface area contributed by atoms with Crippen LogP contribution in [0.1, 0.15) is 29.8 Å². The SMILES string of the molecule is CCCNC(c1ccc(Cl)s1)c1ccc(OC)cc1F. The standard InChI is InChI=1S/C15H17ClFNOS/c1-3-8-18-15(13-6-7-14(16)20-13)11-5-4-10(19-2)9-12(11)17/h4-7,9,15,18H,3,8H2,1-2H3. The van der Waals surface area contributed by atoms with Gasteiger partial charge < -0.3 is 10.1 Å². The van der Waals surface area contributed by atoms with E-state index in [1.54, 1.807) is 12.1 Å². The van der Waals surface area contributed by atoms with E-state index in [0.29, 0.717) is 15.6 Å². The molecule has 2 rings (SSSR count). The van der Waals surface area contributed by atoms with E-state index >= 15 is 0 Å². The average Bonchev–Trinajstić information content (AvgIpc) is 2.87. The summed E-state index contributed by atoms with van der Waals surface area (Å²) >= 11 is 7.46. The van der Waals surface area contributed by atoms with Crippen molar-refractivity contribution in [3.8, 4) is 5.75 Å². The molecule has 0 radical (unpaired) electrons. The number of methoxy groups -OCH3 is 1. The second kappa shape index (κ2) is 7.07. The van der Waals surface area contributed by atoms with Crippen LogP contribution >= 0.6 is 22.9 Å². The summed E-state index contributed by atoms with van der Waals surface area (Å²) in [5, 5.41) is 3.36. The summed E-state index contributed by atoms with van der Waals surface area (Å²) in [7, 11) is 1.53. The van der Waals surface area contributed by atoms with Crippen LogP contribution in [-0.4, -0.2) is 13.7 Å². The topological polar surface area (TPSA) is 21.3 Å². The number of nitrogens with one attached hydrogen (secondary N) is 1. The molecule has 1 unspecified atom stereocenters. The fraction of sp³-hybridized carbons (Fsp3) is 0.333. The van der Waals surface area contributed by atoms with Gasteiger partial charge in [-0.25, -0.2) is 4.39 Å². The molecule has 1 aromatic heterocycles. The zero-order chi connectivity index (χ0) is 14.5. The number of hydrogen-bond acceptors (Lipinski definition) is 3. The highest BCUT2D eigenvalue weighted by Gasteiger charge is 2.19. The van der Waals surface area contributed by atoms with E-state index in [1.165, 1.54) is 24.5 Å². The predicted molar refractivity (Wildman–Crippen MR) is 82.4 cm³/mol. The van der Waals surface area contributed by atoms with Crippen LogP contribution in [0.3, 0.4) is 0 Å². The second-order valence-corrected chi connectivity index (χ2v) is 6.16. The number of halogens is 2. The molecule has 2 aromatic rings. The minimum absolute atomic E-state index is 0.182. The molecule has 0 spiro atoms. The van der Waals surface area contributed by atoms with Crippen molar-refractivity contribution in [2.75, 3.05) is 13.7 Å². The maximum atomic E-state index is 14.3. The quantitative estimate of drug-likeness (QED) is 0.839. The first-order chi connectivity index (χ1) is 9.65. The number of benzene rings is 1. The van der Waals surface area contributed by atoms with Gasteiger partial charge in [-0.2, -0.15) is 0 Å². The van der Waals surface area contributed by atoms with Crippen LogP contribution in [-0.2, 0) is 0 Å². The van der Waals surface area contributed by atoms with Gasteiger partial charge >= 0.3 is 0 Å². The van der Waals surface area contributed by atoms with Gasteiger partial charge in [-0.3, -0.25) is 0 Å². The molecule has 1 heterocycles. The molecule has 0 aliphatic rings. The largest absolute Gasteiger partial charge is 0.497 e. The highest BCUT2D eigenvalue weighted by atomic mass is 35.5. The number of ether oxygens (including phenoxy) is 1. The van der Waals surface area contributed by atoms with Crippen LogP contribution < -0.4 is 10.1 Å². The fourth-order valence-electron chi connectivity index (χ4n) is 2.00. The Morgan fingerprint density at radius 3 is 2.70 bits per heavy atom. The van der Waals surface area contributed by atoms with Crippen LogP contribution in [0.2, 0.25) is 4.34 Å². The first-order valence-corrected chi connectivity index (χ1v) is 7.67. The Kier molecular flexibility index (Phi) is 5.40. The van der Waals surface area contributed by atoms with Gasteiger partial charge in [0.15, 0.2) is 0 Å². The van der Waals surface area contributed by atoms with E-state index in [2.05, 4.69) is 12.2 Å². The van der Waals surface area contributed by atoms with Crippen molar-refractivity contribution in [1.82, 2.24) is 5.32 Å². The van der Waals surface area contributed by atoms with Crippen LogP contribution in [0.15, 0.2) is 30.3 Å². The number of hydrogen-bond donors (Lipinski definition) is 1. The molecule has 0 amide bonds. The Balaban J connectivity index is 2.35. The summed E-state index contributed by atoms with van der Waals surface area (Å²) in [4.78, 5) is 1.01. The smallest absolute Gasteiger partial charge is 0.132 e. The monoisotopic (exact) mass is 313 g/mol. The third-order valence-electron chi connectivity index (χ3n) is 3.00. The van der Waals surface area contributed by atoms with Crippen molar-refractivity contribution in [3.05, 3.63) is 50.9 Å². The van der Waals surface area contributed by atoms with Gasteiger partial charge in [-0.05, 0) is 31.2 Å². The minimum atomic E-state index is -0.275. The Morgan fingerprint density at radius 1 is 1.35 bits per heavy atom. The molecule has 0 fully saturated rings. The van der Waals surface area contributed by atoms with Crippen LogP contribution in [0.25, 0.3) is 0 Å².